The van der Waals surface area contributed by atoms with E-state index >= 15 is 0 Å². The Morgan fingerprint density at radius 2 is 1.92 bits per heavy atom. The average molecular weight is 472 g/mol. The van der Waals surface area contributed by atoms with E-state index in [4.69, 9.17) is 14.2 Å². The van der Waals surface area contributed by atoms with Gasteiger partial charge in [0.05, 0.1) is 25.4 Å². The molecule has 4 N–H and O–H groups in total. The van der Waals surface area contributed by atoms with Gasteiger partial charge in [-0.25, -0.2) is 0 Å². The van der Waals surface area contributed by atoms with Crippen molar-refractivity contribution in [2.75, 3.05) is 13.2 Å². The van der Waals surface area contributed by atoms with Crippen LogP contribution in [-0.2, 0) is 14.2 Å². The van der Waals surface area contributed by atoms with Crippen LogP contribution in [0.15, 0.2) is 0 Å². The minimum Gasteiger partial charge on any atom is -0.394 e. The number of hydrogen-bond acceptors (Lipinski definition) is 7. The Balaban J connectivity index is 1.90. The maximum atomic E-state index is 10.7. The summed E-state index contributed by atoms with van der Waals surface area (Å²) < 4.78 is 16.5. The standard InChI is InChI=1S/C17H29IO7/c1-4-16-5-8(2)12(16)14(21)13(20)10(6-19)24-15(16)25-11-7-23-9(3)17(11,18)22/h8-15,19-22H,4-7H2,1-3H3/t8-,9+,10?,11?,12?,13+,14?,15?,16-,17?/m1/s1. The van der Waals surface area contributed by atoms with E-state index < -0.39 is 46.3 Å². The Morgan fingerprint density at radius 3 is 2.40 bits per heavy atom. The van der Waals surface area contributed by atoms with E-state index in [1.54, 1.807) is 6.92 Å². The molecular weight excluding hydrogens is 443 g/mol. The van der Waals surface area contributed by atoms with Crippen LogP contribution >= 0.6 is 22.6 Å². The van der Waals surface area contributed by atoms with Gasteiger partial charge in [0, 0.05) is 11.3 Å². The van der Waals surface area contributed by atoms with Crippen molar-refractivity contribution in [2.24, 2.45) is 17.3 Å². The lowest BCUT2D eigenvalue weighted by molar-refractivity contribution is -0.295. The van der Waals surface area contributed by atoms with Gasteiger partial charge in [0.2, 0.25) is 0 Å². The molecule has 2 saturated heterocycles. The third kappa shape index (κ3) is 3.06. The molecule has 25 heavy (non-hydrogen) atoms. The van der Waals surface area contributed by atoms with Gasteiger partial charge in [-0.3, -0.25) is 0 Å². The number of ether oxygens (including phenoxy) is 3. The molecule has 7 nitrogen and oxygen atoms in total. The van der Waals surface area contributed by atoms with Crippen molar-refractivity contribution in [1.82, 2.24) is 0 Å². The third-order valence-electron chi connectivity index (χ3n) is 6.49. The van der Waals surface area contributed by atoms with Crippen molar-refractivity contribution in [1.29, 1.82) is 0 Å². The van der Waals surface area contributed by atoms with Crippen LogP contribution in [0.3, 0.4) is 0 Å². The number of hydrogen-bond donors (Lipinski definition) is 4. The van der Waals surface area contributed by atoms with Gasteiger partial charge in [-0.05, 0) is 48.3 Å². The van der Waals surface area contributed by atoms with E-state index in [0.717, 1.165) is 6.42 Å². The second-order valence-electron chi connectivity index (χ2n) is 7.79. The van der Waals surface area contributed by atoms with Crippen LogP contribution in [0, 0.1) is 17.3 Å². The van der Waals surface area contributed by atoms with Crippen LogP contribution < -0.4 is 0 Å². The molecule has 3 rings (SSSR count). The monoisotopic (exact) mass is 472 g/mol. The Morgan fingerprint density at radius 1 is 1.24 bits per heavy atom. The van der Waals surface area contributed by atoms with Gasteiger partial charge in [0.1, 0.15) is 18.3 Å². The zero-order chi connectivity index (χ0) is 18.6. The SMILES string of the molecule is CC[C@@]12C[C@@H](C)C1C(O)[C@@H](O)C(CO)OC2OC1CO[C@@H](C)C1(O)I. The molecule has 0 amide bonds. The quantitative estimate of drug-likeness (QED) is 0.347. The summed E-state index contributed by atoms with van der Waals surface area (Å²) in [7, 11) is 0. The first kappa shape index (κ1) is 20.2. The first-order valence-electron chi connectivity index (χ1n) is 8.99. The number of alkyl halides is 1. The largest absolute Gasteiger partial charge is 0.394 e. The molecule has 2 heterocycles. The van der Waals surface area contributed by atoms with Gasteiger partial charge in [-0.1, -0.05) is 13.8 Å². The Labute approximate surface area is 161 Å². The predicted octanol–water partition coefficient (Wildman–Crippen LogP) is 0.405. The van der Waals surface area contributed by atoms with Crippen molar-refractivity contribution in [3.05, 3.63) is 0 Å². The topological polar surface area (TPSA) is 109 Å². The summed E-state index contributed by atoms with van der Waals surface area (Å²) in [6.07, 6.45) is -3.27. The zero-order valence-electron chi connectivity index (χ0n) is 14.8. The fourth-order valence-corrected chi connectivity index (χ4v) is 5.39. The summed E-state index contributed by atoms with van der Waals surface area (Å²) in [5.74, 6) is 0.0325. The second-order valence-corrected chi connectivity index (χ2v) is 9.52. The molecule has 8 heteroatoms. The molecule has 10 atom stereocenters. The highest BCUT2D eigenvalue weighted by molar-refractivity contribution is 14.1. The van der Waals surface area contributed by atoms with Crippen molar-refractivity contribution in [3.8, 4) is 0 Å². The fraction of sp³-hybridized carbons (Fsp3) is 1.00. The van der Waals surface area contributed by atoms with E-state index in [1.165, 1.54) is 0 Å². The van der Waals surface area contributed by atoms with Crippen LogP contribution in [0.1, 0.15) is 33.6 Å². The van der Waals surface area contributed by atoms with E-state index in [9.17, 15) is 20.4 Å². The van der Waals surface area contributed by atoms with Gasteiger partial charge in [0.25, 0.3) is 0 Å². The zero-order valence-corrected chi connectivity index (χ0v) is 17.0. The molecule has 3 aliphatic rings. The maximum Gasteiger partial charge on any atom is 0.169 e. The normalized spacial score (nSPS) is 56.2. The van der Waals surface area contributed by atoms with Gasteiger partial charge >= 0.3 is 0 Å². The number of rotatable bonds is 4. The highest BCUT2D eigenvalue weighted by Gasteiger charge is 2.64. The molecule has 0 aromatic heterocycles. The first-order valence-corrected chi connectivity index (χ1v) is 10.1. The smallest absolute Gasteiger partial charge is 0.169 e. The molecule has 0 aromatic rings. The molecule has 3 fully saturated rings. The lowest BCUT2D eigenvalue weighted by Crippen LogP contribution is -2.60. The number of aliphatic hydroxyl groups excluding tert-OH is 3. The third-order valence-corrected chi connectivity index (χ3v) is 8.06. The van der Waals surface area contributed by atoms with Gasteiger partial charge in [-0.15, -0.1) is 0 Å². The van der Waals surface area contributed by atoms with E-state index in [-0.39, 0.29) is 24.5 Å². The average Bonchev–Trinajstić information content (AvgIpc) is 2.77. The molecular formula is C17H29IO7. The van der Waals surface area contributed by atoms with Crippen LogP contribution in [0.25, 0.3) is 0 Å². The number of aliphatic hydroxyl groups is 4. The summed E-state index contributed by atoms with van der Waals surface area (Å²) in [6.45, 7) is 5.68. The summed E-state index contributed by atoms with van der Waals surface area (Å²) in [6, 6.07) is 0. The van der Waals surface area contributed by atoms with E-state index in [0.29, 0.717) is 6.42 Å². The Bertz CT molecular complexity index is 490. The van der Waals surface area contributed by atoms with E-state index in [2.05, 4.69) is 0 Å². The number of fused-ring (bicyclic) bond motifs is 1. The highest BCUT2D eigenvalue weighted by Crippen LogP contribution is 2.60. The van der Waals surface area contributed by atoms with E-state index in [1.807, 2.05) is 36.4 Å². The van der Waals surface area contributed by atoms with Gasteiger partial charge in [0.15, 0.2) is 9.90 Å². The highest BCUT2D eigenvalue weighted by atomic mass is 127. The molecule has 6 unspecified atom stereocenters. The van der Waals surface area contributed by atoms with Crippen molar-refractivity contribution >= 4 is 22.6 Å². The van der Waals surface area contributed by atoms with Gasteiger partial charge < -0.3 is 34.6 Å². The summed E-state index contributed by atoms with van der Waals surface area (Å²) in [5.41, 5.74) is -0.456. The van der Waals surface area contributed by atoms with Crippen LogP contribution in [-0.4, -0.2) is 74.1 Å². The molecule has 2 aliphatic heterocycles. The van der Waals surface area contributed by atoms with Crippen molar-refractivity contribution in [3.63, 3.8) is 0 Å². The van der Waals surface area contributed by atoms with Crippen LogP contribution in [0.2, 0.25) is 0 Å². The summed E-state index contributed by atoms with van der Waals surface area (Å²) >= 11 is 1.94. The van der Waals surface area contributed by atoms with Crippen molar-refractivity contribution < 1.29 is 34.6 Å². The summed E-state index contributed by atoms with van der Waals surface area (Å²) in [5, 5.41) is 41.4. The first-order chi connectivity index (χ1) is 11.7. The molecule has 1 saturated carbocycles. The summed E-state index contributed by atoms with van der Waals surface area (Å²) in [4.78, 5) is 0. The minimum atomic E-state index is -1.18. The van der Waals surface area contributed by atoms with Crippen molar-refractivity contribution in [2.45, 2.75) is 74.0 Å². The predicted molar refractivity (Wildman–Crippen MR) is 97.0 cm³/mol. The molecule has 0 spiro atoms. The second kappa shape index (κ2) is 7.12. The van der Waals surface area contributed by atoms with Crippen LogP contribution in [0.4, 0.5) is 0 Å². The molecule has 0 aromatic carbocycles. The lowest BCUT2D eigenvalue weighted by Gasteiger charge is -2.57. The van der Waals surface area contributed by atoms with Crippen LogP contribution in [0.5, 0.6) is 0 Å². The molecule has 0 bridgehead atoms. The van der Waals surface area contributed by atoms with Gasteiger partial charge in [-0.2, -0.15) is 0 Å². The maximum absolute atomic E-state index is 10.7. The number of halogens is 1. The molecule has 1 aliphatic carbocycles. The lowest BCUT2D eigenvalue weighted by atomic mass is 9.50. The molecule has 146 valence electrons. The minimum absolute atomic E-state index is 0.184. The Kier molecular flexibility index (Phi) is 5.75. The fourth-order valence-electron chi connectivity index (χ4n) is 4.88. The molecule has 0 radical (unpaired) electrons. The Hall–Kier alpha value is 0.450.